The van der Waals surface area contributed by atoms with Crippen molar-refractivity contribution in [2.45, 2.75) is 19.3 Å². The first-order valence-corrected chi connectivity index (χ1v) is 22.8. The number of rotatable bonds is 5. The van der Waals surface area contributed by atoms with Crippen molar-refractivity contribution in [1.82, 2.24) is 4.57 Å². The summed E-state index contributed by atoms with van der Waals surface area (Å²) in [5.41, 5.74) is 18.8. The van der Waals surface area contributed by atoms with E-state index in [-0.39, 0.29) is 5.41 Å². The zero-order valence-corrected chi connectivity index (χ0v) is 36.8. The predicted molar refractivity (Wildman–Crippen MR) is 276 cm³/mol. The van der Waals surface area contributed by atoms with E-state index in [0.717, 1.165) is 72.1 Å². The Morgan fingerprint density at radius 3 is 1.85 bits per heavy atom. The van der Waals surface area contributed by atoms with Gasteiger partial charge in [0.1, 0.15) is 22.3 Å². The van der Waals surface area contributed by atoms with Crippen molar-refractivity contribution in [2.24, 2.45) is 7.05 Å². The molecule has 4 nitrogen and oxygen atoms in total. The Hall–Kier alpha value is -8.34. The number of benzene rings is 10. The van der Waals surface area contributed by atoms with Crippen molar-refractivity contribution in [3.05, 3.63) is 211 Å². The van der Waals surface area contributed by atoms with Crippen molar-refractivity contribution >= 4 is 93.5 Å². The van der Waals surface area contributed by atoms with Crippen LogP contribution in [0.2, 0.25) is 0 Å². The molecule has 3 heterocycles. The highest BCUT2D eigenvalue weighted by atomic mass is 16.3. The summed E-state index contributed by atoms with van der Waals surface area (Å²) in [6, 6.07) is 72.8. The van der Waals surface area contributed by atoms with Crippen LogP contribution in [-0.2, 0) is 12.5 Å². The van der Waals surface area contributed by atoms with Crippen molar-refractivity contribution in [1.29, 1.82) is 0 Å². The number of hydrogen-bond donors (Lipinski definition) is 0. The number of nitrogens with zero attached hydrogens (tertiary/aromatic N) is 2. The number of aromatic nitrogens is 1. The molecule has 0 unspecified atom stereocenters. The fourth-order valence-electron chi connectivity index (χ4n) is 11.5. The third-order valence-electron chi connectivity index (χ3n) is 14.6. The maximum absolute atomic E-state index is 6.54. The lowest BCUT2D eigenvalue weighted by Crippen LogP contribution is -2.17. The van der Waals surface area contributed by atoms with Crippen molar-refractivity contribution in [2.75, 3.05) is 4.90 Å². The molecule has 1 aliphatic rings. The molecule has 0 amide bonds. The normalized spacial score (nSPS) is 13.2. The highest BCUT2D eigenvalue weighted by molar-refractivity contribution is 6.19. The summed E-state index contributed by atoms with van der Waals surface area (Å²) in [6.45, 7) is 4.80. The minimum Gasteiger partial charge on any atom is -0.456 e. The monoisotopic (exact) mass is 846 g/mol. The first-order valence-electron chi connectivity index (χ1n) is 22.8. The van der Waals surface area contributed by atoms with Crippen LogP contribution < -0.4 is 4.90 Å². The van der Waals surface area contributed by atoms with Gasteiger partial charge in [-0.05, 0) is 116 Å². The van der Waals surface area contributed by atoms with Gasteiger partial charge in [0.2, 0.25) is 0 Å². The lowest BCUT2D eigenvalue weighted by Gasteiger charge is -2.29. The van der Waals surface area contributed by atoms with Gasteiger partial charge in [0.25, 0.3) is 0 Å². The number of aryl methyl sites for hydroxylation is 1. The van der Waals surface area contributed by atoms with Gasteiger partial charge < -0.3 is 18.3 Å². The van der Waals surface area contributed by atoms with E-state index in [4.69, 9.17) is 8.83 Å². The Morgan fingerprint density at radius 1 is 0.409 bits per heavy atom. The number of anilines is 3. The van der Waals surface area contributed by atoms with Crippen LogP contribution in [0, 0.1) is 0 Å². The fourth-order valence-corrected chi connectivity index (χ4v) is 11.5. The van der Waals surface area contributed by atoms with Gasteiger partial charge in [0.15, 0.2) is 0 Å². The van der Waals surface area contributed by atoms with Crippen LogP contribution in [0.4, 0.5) is 17.1 Å². The summed E-state index contributed by atoms with van der Waals surface area (Å²) in [5.74, 6) is 0. The molecule has 0 radical (unpaired) electrons. The number of fused-ring (bicyclic) bond motifs is 14. The molecule has 0 atom stereocenters. The Bertz CT molecular complexity index is 4180. The first kappa shape index (κ1) is 37.1. The van der Waals surface area contributed by atoms with Gasteiger partial charge in [-0.1, -0.05) is 147 Å². The molecule has 0 spiro atoms. The summed E-state index contributed by atoms with van der Waals surface area (Å²) in [4.78, 5) is 2.48. The van der Waals surface area contributed by atoms with Gasteiger partial charge in [-0.15, -0.1) is 0 Å². The smallest absolute Gasteiger partial charge is 0.143 e. The van der Waals surface area contributed by atoms with Gasteiger partial charge in [-0.2, -0.15) is 0 Å². The van der Waals surface area contributed by atoms with Crippen molar-refractivity contribution in [3.63, 3.8) is 0 Å². The SMILES string of the molecule is Cn1c2ccccc2c2c(N(c3ccc4c(c3)C(C)(C)c3cc(-c5cccc(-c6cccc7c6oc6ccccc67)c5)c5ccccc5c3-4)c3cccc4oc5ccccc5c34)cccc21. The van der Waals surface area contributed by atoms with E-state index < -0.39 is 0 Å². The zero-order valence-electron chi connectivity index (χ0n) is 36.8. The highest BCUT2D eigenvalue weighted by Gasteiger charge is 2.38. The van der Waals surface area contributed by atoms with Crippen LogP contribution in [0.25, 0.3) is 110 Å². The van der Waals surface area contributed by atoms with E-state index in [1.165, 1.54) is 66.0 Å². The van der Waals surface area contributed by atoms with E-state index in [1.807, 2.05) is 12.1 Å². The third-order valence-corrected chi connectivity index (χ3v) is 14.6. The van der Waals surface area contributed by atoms with Crippen LogP contribution in [0.15, 0.2) is 209 Å². The Labute approximate surface area is 381 Å². The molecule has 10 aromatic carbocycles. The minimum atomic E-state index is -0.317. The summed E-state index contributed by atoms with van der Waals surface area (Å²) >= 11 is 0. The molecule has 0 saturated heterocycles. The van der Waals surface area contributed by atoms with Crippen molar-refractivity contribution in [3.8, 4) is 33.4 Å². The topological polar surface area (TPSA) is 34.5 Å². The molecule has 0 fully saturated rings. The first-order chi connectivity index (χ1) is 32.4. The van der Waals surface area contributed by atoms with Crippen molar-refractivity contribution < 1.29 is 8.83 Å². The molecule has 13 aromatic rings. The largest absolute Gasteiger partial charge is 0.456 e. The Kier molecular flexibility index (Phi) is 7.63. The van der Waals surface area contributed by atoms with E-state index in [2.05, 4.69) is 218 Å². The highest BCUT2D eigenvalue weighted by Crippen LogP contribution is 2.56. The lowest BCUT2D eigenvalue weighted by molar-refractivity contribution is 0.661. The standard InChI is InChI=1S/C62H42N2O2/c1-62(2)49-35-39(64(54-28-15-31-57-60(54)47-22-8-11-30-56(47)65-57)53-27-14-26-52-59(53)46-21-6-9-25-51(46)63(52)3)32-33-45(49)58-43-20-5-4-18-41(43)48(36-50(58)62)38-17-12-16-37(34-38)40-23-13-24-44-42-19-7-10-29-55(42)66-61(40)44/h4-36H,1-3H3. The summed E-state index contributed by atoms with van der Waals surface area (Å²) in [6.07, 6.45) is 0. The maximum Gasteiger partial charge on any atom is 0.143 e. The van der Waals surface area contributed by atoms with Gasteiger partial charge in [0, 0.05) is 56.2 Å². The molecule has 3 aromatic heterocycles. The quantitative estimate of drug-likeness (QED) is 0.173. The summed E-state index contributed by atoms with van der Waals surface area (Å²) in [7, 11) is 2.17. The Balaban J connectivity index is 0.973. The average molecular weight is 847 g/mol. The maximum atomic E-state index is 6.54. The second-order valence-electron chi connectivity index (χ2n) is 18.4. The molecular weight excluding hydrogens is 805 g/mol. The molecule has 14 rings (SSSR count). The van der Waals surface area contributed by atoms with Gasteiger partial charge in [-0.3, -0.25) is 0 Å². The van der Waals surface area contributed by atoms with Crippen LogP contribution in [0.3, 0.4) is 0 Å². The van der Waals surface area contributed by atoms with Gasteiger partial charge >= 0.3 is 0 Å². The Morgan fingerprint density at radius 2 is 1.02 bits per heavy atom. The number of hydrogen-bond acceptors (Lipinski definition) is 3. The van der Waals surface area contributed by atoms with Gasteiger partial charge in [-0.25, -0.2) is 0 Å². The number of furan rings is 2. The van der Waals surface area contributed by atoms with Crippen LogP contribution >= 0.6 is 0 Å². The predicted octanol–water partition coefficient (Wildman–Crippen LogP) is 17.4. The van der Waals surface area contributed by atoms with Crippen LogP contribution in [0.5, 0.6) is 0 Å². The summed E-state index contributed by atoms with van der Waals surface area (Å²) in [5, 5.41) is 9.43. The zero-order chi connectivity index (χ0) is 43.8. The molecule has 0 aliphatic heterocycles. The second-order valence-corrected chi connectivity index (χ2v) is 18.4. The third kappa shape index (κ3) is 5.10. The molecule has 4 heteroatoms. The second kappa shape index (κ2) is 13.6. The fraction of sp³-hybridized carbons (Fsp3) is 0.0645. The van der Waals surface area contributed by atoms with Crippen LogP contribution in [-0.4, -0.2) is 4.57 Å². The molecule has 0 N–H and O–H groups in total. The average Bonchev–Trinajstić information content (AvgIpc) is 4.08. The van der Waals surface area contributed by atoms with E-state index in [9.17, 15) is 0 Å². The van der Waals surface area contributed by atoms with E-state index in [0.29, 0.717) is 0 Å². The summed E-state index contributed by atoms with van der Waals surface area (Å²) < 4.78 is 15.4. The molecular formula is C62H42N2O2. The minimum absolute atomic E-state index is 0.317. The van der Waals surface area contributed by atoms with E-state index in [1.54, 1.807) is 0 Å². The van der Waals surface area contributed by atoms with Gasteiger partial charge in [0.05, 0.1) is 22.3 Å². The molecule has 66 heavy (non-hydrogen) atoms. The van der Waals surface area contributed by atoms with Crippen LogP contribution in [0.1, 0.15) is 25.0 Å². The number of para-hydroxylation sites is 4. The molecule has 312 valence electrons. The molecule has 1 aliphatic carbocycles. The lowest BCUT2D eigenvalue weighted by atomic mass is 9.80. The molecule has 0 saturated carbocycles. The van der Waals surface area contributed by atoms with E-state index >= 15 is 0 Å². The molecule has 0 bridgehead atoms.